The van der Waals surface area contributed by atoms with Gasteiger partial charge in [0.05, 0.1) is 12.1 Å². The Balaban J connectivity index is 1.57. The number of urea groups is 1. The molecule has 2 amide bonds. The van der Waals surface area contributed by atoms with Crippen molar-refractivity contribution in [1.82, 2.24) is 14.7 Å². The molecule has 2 N–H and O–H groups in total. The van der Waals surface area contributed by atoms with E-state index in [0.29, 0.717) is 11.0 Å². The van der Waals surface area contributed by atoms with Crippen LogP contribution in [0.25, 0.3) is 11.4 Å². The SMILES string of the molecule is C[C@H](NC(=O)Nc1nc(-c2ccccc2)ns1)[C@@H]1CCCO1. The zero-order valence-corrected chi connectivity index (χ0v) is 13.1. The van der Waals surface area contributed by atoms with E-state index in [1.54, 1.807) is 0 Å². The first-order valence-electron chi connectivity index (χ1n) is 7.30. The van der Waals surface area contributed by atoms with Crippen LogP contribution in [-0.2, 0) is 4.74 Å². The van der Waals surface area contributed by atoms with Crippen LogP contribution in [-0.4, -0.2) is 34.1 Å². The number of rotatable bonds is 4. The summed E-state index contributed by atoms with van der Waals surface area (Å²) in [4.78, 5) is 16.3. The number of hydrogen-bond donors (Lipinski definition) is 2. The molecule has 1 fully saturated rings. The molecule has 7 heteroatoms. The predicted molar refractivity (Wildman–Crippen MR) is 85.9 cm³/mol. The number of nitrogens with one attached hydrogen (secondary N) is 2. The highest BCUT2D eigenvalue weighted by Gasteiger charge is 2.23. The molecule has 1 saturated heterocycles. The number of benzene rings is 1. The molecule has 0 bridgehead atoms. The fourth-order valence-electron chi connectivity index (χ4n) is 2.41. The van der Waals surface area contributed by atoms with Gasteiger partial charge in [0.25, 0.3) is 0 Å². The van der Waals surface area contributed by atoms with E-state index in [2.05, 4.69) is 20.0 Å². The second-order valence-electron chi connectivity index (χ2n) is 5.23. The molecule has 1 aliphatic rings. The lowest BCUT2D eigenvalue weighted by atomic mass is 10.1. The smallest absolute Gasteiger partial charge is 0.321 e. The average Bonchev–Trinajstić information content (AvgIpc) is 3.19. The van der Waals surface area contributed by atoms with Crippen LogP contribution in [0.15, 0.2) is 30.3 Å². The van der Waals surface area contributed by atoms with E-state index in [1.165, 1.54) is 11.5 Å². The fraction of sp³-hybridized carbons (Fsp3) is 0.400. The standard InChI is InChI=1S/C15H18N4O2S/c1-10(12-8-5-9-21-12)16-14(20)18-15-17-13(19-22-15)11-6-3-2-4-7-11/h2-4,6-7,10,12H,5,8-9H2,1H3,(H2,16,17,18,19,20)/t10-,12-/m0/s1. The van der Waals surface area contributed by atoms with Gasteiger partial charge >= 0.3 is 6.03 Å². The fourth-order valence-corrected chi connectivity index (χ4v) is 2.99. The van der Waals surface area contributed by atoms with Crippen molar-refractivity contribution in [2.75, 3.05) is 11.9 Å². The van der Waals surface area contributed by atoms with E-state index < -0.39 is 0 Å². The van der Waals surface area contributed by atoms with E-state index in [-0.39, 0.29) is 18.2 Å². The van der Waals surface area contributed by atoms with Crippen molar-refractivity contribution in [2.24, 2.45) is 0 Å². The Morgan fingerprint density at radius 1 is 1.41 bits per heavy atom. The van der Waals surface area contributed by atoms with Crippen LogP contribution in [0.3, 0.4) is 0 Å². The second-order valence-corrected chi connectivity index (χ2v) is 5.98. The van der Waals surface area contributed by atoms with Crippen molar-refractivity contribution in [3.8, 4) is 11.4 Å². The molecule has 0 spiro atoms. The van der Waals surface area contributed by atoms with Crippen molar-refractivity contribution in [3.63, 3.8) is 0 Å². The first kappa shape index (κ1) is 14.9. The molecule has 6 nitrogen and oxygen atoms in total. The van der Waals surface area contributed by atoms with E-state index in [1.807, 2.05) is 37.3 Å². The third-order valence-corrected chi connectivity index (χ3v) is 4.19. The van der Waals surface area contributed by atoms with E-state index >= 15 is 0 Å². The first-order chi connectivity index (χ1) is 10.7. The van der Waals surface area contributed by atoms with Crippen molar-refractivity contribution in [3.05, 3.63) is 30.3 Å². The molecule has 0 radical (unpaired) electrons. The third-order valence-electron chi connectivity index (χ3n) is 3.56. The third kappa shape index (κ3) is 3.61. The number of aromatic nitrogens is 2. The quantitative estimate of drug-likeness (QED) is 0.909. The molecule has 2 heterocycles. The Kier molecular flexibility index (Phi) is 4.65. The minimum absolute atomic E-state index is 0.0241. The maximum Gasteiger partial charge on any atom is 0.321 e. The molecule has 1 aliphatic heterocycles. The summed E-state index contributed by atoms with van der Waals surface area (Å²) in [6.45, 7) is 2.72. The van der Waals surface area contributed by atoms with E-state index in [0.717, 1.165) is 25.0 Å². The first-order valence-corrected chi connectivity index (χ1v) is 8.08. The van der Waals surface area contributed by atoms with Gasteiger partial charge < -0.3 is 10.1 Å². The minimum atomic E-state index is -0.279. The number of nitrogens with zero attached hydrogens (tertiary/aromatic N) is 2. The maximum absolute atomic E-state index is 12.0. The summed E-state index contributed by atoms with van der Waals surface area (Å²) in [5, 5.41) is 6.09. The summed E-state index contributed by atoms with van der Waals surface area (Å²) >= 11 is 1.17. The highest BCUT2D eigenvalue weighted by molar-refractivity contribution is 7.10. The van der Waals surface area contributed by atoms with Gasteiger partial charge in [-0.15, -0.1) is 0 Å². The van der Waals surface area contributed by atoms with Crippen LogP contribution in [0.1, 0.15) is 19.8 Å². The summed E-state index contributed by atoms with van der Waals surface area (Å²) < 4.78 is 9.82. The van der Waals surface area contributed by atoms with Gasteiger partial charge in [-0.2, -0.15) is 9.36 Å². The molecule has 0 saturated carbocycles. The average molecular weight is 318 g/mol. The molecule has 1 aromatic heterocycles. The summed E-state index contributed by atoms with van der Waals surface area (Å²) in [5.41, 5.74) is 0.930. The number of amides is 2. The van der Waals surface area contributed by atoms with E-state index in [4.69, 9.17) is 4.74 Å². The normalized spacial score (nSPS) is 18.9. The van der Waals surface area contributed by atoms with Crippen molar-refractivity contribution >= 4 is 22.7 Å². The van der Waals surface area contributed by atoms with E-state index in [9.17, 15) is 4.79 Å². The Bertz CT molecular complexity index is 625. The lowest BCUT2D eigenvalue weighted by Gasteiger charge is -2.19. The Morgan fingerprint density at radius 2 is 2.23 bits per heavy atom. The lowest BCUT2D eigenvalue weighted by Crippen LogP contribution is -2.42. The topological polar surface area (TPSA) is 76.1 Å². The highest BCUT2D eigenvalue weighted by atomic mass is 32.1. The summed E-state index contributed by atoms with van der Waals surface area (Å²) in [5.74, 6) is 0.619. The van der Waals surface area contributed by atoms with Crippen molar-refractivity contribution < 1.29 is 9.53 Å². The van der Waals surface area contributed by atoms with Crippen LogP contribution in [0.5, 0.6) is 0 Å². The molecule has 0 aliphatic carbocycles. The summed E-state index contributed by atoms with van der Waals surface area (Å²) in [7, 11) is 0. The lowest BCUT2D eigenvalue weighted by molar-refractivity contribution is 0.0868. The van der Waals surface area contributed by atoms with Crippen LogP contribution in [0.2, 0.25) is 0 Å². The number of carbonyl (C=O) groups excluding carboxylic acids is 1. The van der Waals surface area contributed by atoms with Crippen molar-refractivity contribution in [2.45, 2.75) is 31.9 Å². The molecular weight excluding hydrogens is 300 g/mol. The van der Waals surface area contributed by atoms with Gasteiger partial charge in [-0.05, 0) is 19.8 Å². The zero-order chi connectivity index (χ0) is 15.4. The van der Waals surface area contributed by atoms with Crippen LogP contribution >= 0.6 is 11.5 Å². The maximum atomic E-state index is 12.0. The largest absolute Gasteiger partial charge is 0.376 e. The molecular formula is C15H18N4O2S. The number of anilines is 1. The van der Waals surface area contributed by atoms with Crippen LogP contribution in [0.4, 0.5) is 9.93 Å². The minimum Gasteiger partial charge on any atom is -0.376 e. The highest BCUT2D eigenvalue weighted by Crippen LogP contribution is 2.20. The van der Waals surface area contributed by atoms with Gasteiger partial charge in [-0.25, -0.2) is 4.79 Å². The Hall–Kier alpha value is -1.99. The Morgan fingerprint density at radius 3 is 2.95 bits per heavy atom. The number of ether oxygens (including phenoxy) is 1. The van der Waals surface area contributed by atoms with Crippen molar-refractivity contribution in [1.29, 1.82) is 0 Å². The molecule has 2 atom stereocenters. The molecule has 1 aromatic carbocycles. The van der Waals surface area contributed by atoms with Gasteiger partial charge in [0.2, 0.25) is 5.13 Å². The van der Waals surface area contributed by atoms with Gasteiger partial charge in [0.15, 0.2) is 5.82 Å². The Labute approximate surface area is 133 Å². The van der Waals surface area contributed by atoms with Gasteiger partial charge in [-0.1, -0.05) is 30.3 Å². The molecule has 2 aromatic rings. The van der Waals surface area contributed by atoms with Crippen LogP contribution < -0.4 is 10.6 Å². The van der Waals surface area contributed by atoms with Crippen LogP contribution in [0, 0.1) is 0 Å². The summed E-state index contributed by atoms with van der Waals surface area (Å²) in [6, 6.07) is 9.37. The molecule has 3 rings (SSSR count). The monoisotopic (exact) mass is 318 g/mol. The molecule has 0 unspecified atom stereocenters. The van der Waals surface area contributed by atoms with Gasteiger partial charge in [0.1, 0.15) is 0 Å². The predicted octanol–water partition coefficient (Wildman–Crippen LogP) is 2.89. The van der Waals surface area contributed by atoms with Gasteiger partial charge in [0, 0.05) is 23.7 Å². The van der Waals surface area contributed by atoms with Gasteiger partial charge in [-0.3, -0.25) is 5.32 Å². The second kappa shape index (κ2) is 6.85. The molecule has 116 valence electrons. The number of carbonyl (C=O) groups is 1. The summed E-state index contributed by atoms with van der Waals surface area (Å²) in [6.07, 6.45) is 2.13. The molecule has 22 heavy (non-hydrogen) atoms. The number of hydrogen-bond acceptors (Lipinski definition) is 5. The zero-order valence-electron chi connectivity index (χ0n) is 12.3.